The fourth-order valence-electron chi connectivity index (χ4n) is 3.50. The van der Waals surface area contributed by atoms with Crippen LogP contribution in [0.4, 0.5) is 0 Å². The summed E-state index contributed by atoms with van der Waals surface area (Å²) in [6.45, 7) is 4.89. The molecule has 1 aliphatic carbocycles. The molecule has 0 aromatic heterocycles. The lowest BCUT2D eigenvalue weighted by molar-refractivity contribution is -0.135. The molecule has 2 saturated heterocycles. The van der Waals surface area contributed by atoms with Crippen LogP contribution in [0.1, 0.15) is 38.5 Å². The van der Waals surface area contributed by atoms with E-state index >= 15 is 0 Å². The van der Waals surface area contributed by atoms with Crippen LogP contribution in [0.25, 0.3) is 0 Å². The smallest absolute Gasteiger partial charge is 0.230 e. The van der Waals surface area contributed by atoms with E-state index in [1.165, 1.54) is 32.4 Å². The molecule has 3 fully saturated rings. The van der Waals surface area contributed by atoms with Gasteiger partial charge in [-0.25, -0.2) is 0 Å². The molecule has 0 radical (unpaired) electrons. The maximum Gasteiger partial charge on any atom is 0.230 e. The van der Waals surface area contributed by atoms with Crippen molar-refractivity contribution in [3.05, 3.63) is 0 Å². The van der Waals surface area contributed by atoms with Gasteiger partial charge in [0.15, 0.2) is 0 Å². The van der Waals surface area contributed by atoms with Crippen LogP contribution >= 0.6 is 0 Å². The summed E-state index contributed by atoms with van der Waals surface area (Å²) in [5.74, 6) is 0.338. The molecular weight excluding hydrogens is 226 g/mol. The summed E-state index contributed by atoms with van der Waals surface area (Å²) in [6, 6.07) is 0.614. The van der Waals surface area contributed by atoms with E-state index < -0.39 is 0 Å². The molecule has 1 saturated carbocycles. The Labute approximate surface area is 109 Å². The number of piperidine rings is 1. The maximum absolute atomic E-state index is 12.4. The Hall–Kier alpha value is -0.610. The second-order valence-electron chi connectivity index (χ2n) is 6.27. The minimum absolute atomic E-state index is 0.156. The Morgan fingerprint density at radius 1 is 1.17 bits per heavy atom. The number of carbonyl (C=O) groups excluding carboxylic acids is 1. The van der Waals surface area contributed by atoms with Crippen molar-refractivity contribution in [3.8, 4) is 0 Å². The van der Waals surface area contributed by atoms with E-state index in [0.717, 1.165) is 32.4 Å². The molecule has 0 aromatic carbocycles. The minimum Gasteiger partial charge on any atom is -0.341 e. The fraction of sp³-hybridized carbons (Fsp3) is 0.929. The molecule has 1 unspecified atom stereocenters. The molecule has 18 heavy (non-hydrogen) atoms. The molecular formula is C14H25N3O. The number of nitrogens with zero attached hydrogens (tertiary/aromatic N) is 2. The van der Waals surface area contributed by atoms with E-state index in [1.807, 2.05) is 0 Å². The molecule has 2 N–H and O–H groups in total. The molecule has 2 aliphatic heterocycles. The topological polar surface area (TPSA) is 49.6 Å². The van der Waals surface area contributed by atoms with E-state index in [1.54, 1.807) is 0 Å². The van der Waals surface area contributed by atoms with Crippen molar-refractivity contribution < 1.29 is 4.79 Å². The van der Waals surface area contributed by atoms with Gasteiger partial charge in [0.2, 0.25) is 5.91 Å². The van der Waals surface area contributed by atoms with Crippen molar-refractivity contribution in [1.29, 1.82) is 0 Å². The largest absolute Gasteiger partial charge is 0.341 e. The van der Waals surface area contributed by atoms with Gasteiger partial charge in [0.1, 0.15) is 0 Å². The lowest BCUT2D eigenvalue weighted by Crippen LogP contribution is -2.44. The Kier molecular flexibility index (Phi) is 3.32. The van der Waals surface area contributed by atoms with E-state index in [0.29, 0.717) is 18.5 Å². The Morgan fingerprint density at radius 3 is 2.50 bits per heavy atom. The van der Waals surface area contributed by atoms with Gasteiger partial charge in [0.05, 0.1) is 5.41 Å². The predicted octanol–water partition coefficient (Wildman–Crippen LogP) is 0.812. The normalized spacial score (nSPS) is 31.6. The van der Waals surface area contributed by atoms with Crippen molar-refractivity contribution >= 4 is 5.91 Å². The molecule has 0 spiro atoms. The van der Waals surface area contributed by atoms with Crippen molar-refractivity contribution in [3.63, 3.8) is 0 Å². The summed E-state index contributed by atoms with van der Waals surface area (Å²) in [7, 11) is 0. The van der Waals surface area contributed by atoms with Crippen LogP contribution in [-0.4, -0.2) is 54.5 Å². The SMILES string of the molecule is NCC1(C(=O)N2CCC(N3CCCCC3)C2)CC1. The molecule has 4 nitrogen and oxygen atoms in total. The van der Waals surface area contributed by atoms with Crippen LogP contribution in [-0.2, 0) is 4.79 Å². The lowest BCUT2D eigenvalue weighted by Gasteiger charge is -2.32. The van der Waals surface area contributed by atoms with Crippen molar-refractivity contribution in [1.82, 2.24) is 9.80 Å². The van der Waals surface area contributed by atoms with Crippen LogP contribution in [0.15, 0.2) is 0 Å². The molecule has 4 heteroatoms. The maximum atomic E-state index is 12.4. The van der Waals surface area contributed by atoms with Gasteiger partial charge >= 0.3 is 0 Å². The second-order valence-corrected chi connectivity index (χ2v) is 6.27. The molecule has 0 aromatic rings. The van der Waals surface area contributed by atoms with Crippen molar-refractivity contribution in [2.45, 2.75) is 44.6 Å². The van der Waals surface area contributed by atoms with Gasteiger partial charge < -0.3 is 10.6 Å². The molecule has 3 rings (SSSR count). The standard InChI is InChI=1S/C14H25N3O/c15-11-14(5-6-14)13(18)17-9-4-12(10-17)16-7-2-1-3-8-16/h12H,1-11,15H2. The Morgan fingerprint density at radius 2 is 1.89 bits per heavy atom. The first-order valence-corrected chi connectivity index (χ1v) is 7.49. The van der Waals surface area contributed by atoms with Crippen molar-refractivity contribution in [2.24, 2.45) is 11.1 Å². The zero-order valence-electron chi connectivity index (χ0n) is 11.2. The Balaban J connectivity index is 1.56. The van der Waals surface area contributed by atoms with Crippen LogP contribution < -0.4 is 5.73 Å². The lowest BCUT2D eigenvalue weighted by atomic mass is 10.1. The van der Waals surface area contributed by atoms with E-state index in [-0.39, 0.29) is 5.41 Å². The van der Waals surface area contributed by atoms with Crippen LogP contribution in [0, 0.1) is 5.41 Å². The fourth-order valence-corrected chi connectivity index (χ4v) is 3.50. The van der Waals surface area contributed by atoms with Crippen molar-refractivity contribution in [2.75, 3.05) is 32.7 Å². The van der Waals surface area contributed by atoms with Crippen LogP contribution in [0.3, 0.4) is 0 Å². The van der Waals surface area contributed by atoms with Gasteiger partial charge in [0, 0.05) is 25.7 Å². The van der Waals surface area contributed by atoms with Gasteiger partial charge in [0.25, 0.3) is 0 Å². The zero-order valence-corrected chi connectivity index (χ0v) is 11.2. The monoisotopic (exact) mass is 251 g/mol. The quantitative estimate of drug-likeness (QED) is 0.807. The summed E-state index contributed by atoms with van der Waals surface area (Å²) in [5, 5.41) is 0. The highest BCUT2D eigenvalue weighted by molar-refractivity contribution is 5.86. The van der Waals surface area contributed by atoms with Crippen LogP contribution in [0.2, 0.25) is 0 Å². The average Bonchev–Trinajstić information content (AvgIpc) is 3.08. The van der Waals surface area contributed by atoms with Gasteiger partial charge in [-0.3, -0.25) is 9.69 Å². The summed E-state index contributed by atoms with van der Waals surface area (Å²) < 4.78 is 0. The highest BCUT2D eigenvalue weighted by atomic mass is 16.2. The molecule has 102 valence electrons. The first-order valence-electron chi connectivity index (χ1n) is 7.49. The third-order valence-electron chi connectivity index (χ3n) is 5.06. The average molecular weight is 251 g/mol. The molecule has 1 atom stereocenters. The van der Waals surface area contributed by atoms with Gasteiger partial charge in [-0.15, -0.1) is 0 Å². The van der Waals surface area contributed by atoms with Crippen LogP contribution in [0.5, 0.6) is 0 Å². The number of rotatable bonds is 3. The highest BCUT2D eigenvalue weighted by Crippen LogP contribution is 2.46. The summed E-state index contributed by atoms with van der Waals surface area (Å²) in [4.78, 5) is 17.1. The number of hydrogen-bond acceptors (Lipinski definition) is 3. The molecule has 3 aliphatic rings. The van der Waals surface area contributed by atoms with E-state index in [4.69, 9.17) is 5.73 Å². The highest BCUT2D eigenvalue weighted by Gasteiger charge is 2.51. The third kappa shape index (κ3) is 2.16. The number of amides is 1. The molecule has 0 bridgehead atoms. The number of hydrogen-bond donors (Lipinski definition) is 1. The Bertz CT molecular complexity index is 321. The summed E-state index contributed by atoms with van der Waals surface area (Å²) in [5.41, 5.74) is 5.60. The first kappa shape index (κ1) is 12.4. The number of nitrogens with two attached hydrogens (primary N) is 1. The van der Waals surface area contributed by atoms with Gasteiger partial charge in [-0.2, -0.15) is 0 Å². The zero-order chi connectivity index (χ0) is 12.6. The number of likely N-dealkylation sites (tertiary alicyclic amines) is 2. The van der Waals surface area contributed by atoms with E-state index in [9.17, 15) is 4.79 Å². The number of carbonyl (C=O) groups is 1. The predicted molar refractivity (Wildman–Crippen MR) is 71.1 cm³/mol. The van der Waals surface area contributed by atoms with Gasteiger partial charge in [-0.05, 0) is 45.2 Å². The summed E-state index contributed by atoms with van der Waals surface area (Å²) >= 11 is 0. The van der Waals surface area contributed by atoms with E-state index in [2.05, 4.69) is 9.80 Å². The first-order chi connectivity index (χ1) is 8.75. The third-order valence-corrected chi connectivity index (χ3v) is 5.06. The molecule has 1 amide bonds. The summed E-state index contributed by atoms with van der Waals surface area (Å²) in [6.07, 6.45) is 7.21. The molecule has 2 heterocycles. The van der Waals surface area contributed by atoms with Gasteiger partial charge in [-0.1, -0.05) is 6.42 Å². The second kappa shape index (κ2) is 4.82. The minimum atomic E-state index is -0.156.